The van der Waals surface area contributed by atoms with E-state index in [-0.39, 0.29) is 12.1 Å². The summed E-state index contributed by atoms with van der Waals surface area (Å²) >= 11 is 2.99. The largest absolute Gasteiger partial charge is 0.425 e. The van der Waals surface area contributed by atoms with E-state index in [4.69, 9.17) is 4.74 Å². The van der Waals surface area contributed by atoms with Crippen molar-refractivity contribution in [1.82, 2.24) is 9.55 Å². The van der Waals surface area contributed by atoms with Gasteiger partial charge in [0.2, 0.25) is 0 Å². The highest BCUT2D eigenvalue weighted by Gasteiger charge is 2.16. The summed E-state index contributed by atoms with van der Waals surface area (Å²) in [6.45, 7) is -0.200. The van der Waals surface area contributed by atoms with Crippen LogP contribution in [0, 0.1) is 0 Å². The highest BCUT2D eigenvalue weighted by Crippen LogP contribution is 2.33. The van der Waals surface area contributed by atoms with Crippen LogP contribution in [0.15, 0.2) is 76.5 Å². The van der Waals surface area contributed by atoms with Crippen LogP contribution in [-0.4, -0.2) is 15.5 Å². The van der Waals surface area contributed by atoms with E-state index in [1.807, 2.05) is 59.3 Å². The summed E-state index contributed by atoms with van der Waals surface area (Å²) in [5.41, 5.74) is 0.616. The monoisotopic (exact) mass is 418 g/mol. The SMILES string of the molecule is O=C(Cn1cnc2scc(-c3cccs3)c2c1=O)Oc1ccc2ccccc2c1. The lowest BCUT2D eigenvalue weighted by Gasteiger charge is -2.08. The van der Waals surface area contributed by atoms with Crippen LogP contribution in [0.2, 0.25) is 0 Å². The number of thiophene rings is 2. The lowest BCUT2D eigenvalue weighted by atomic mass is 10.1. The Labute approximate surface area is 173 Å². The van der Waals surface area contributed by atoms with E-state index < -0.39 is 5.97 Å². The van der Waals surface area contributed by atoms with Gasteiger partial charge in [-0.2, -0.15) is 0 Å². The van der Waals surface area contributed by atoms with Gasteiger partial charge in [-0.1, -0.05) is 36.4 Å². The van der Waals surface area contributed by atoms with Gasteiger partial charge in [-0.05, 0) is 34.4 Å². The third-order valence-electron chi connectivity index (χ3n) is 4.60. The molecule has 0 saturated heterocycles. The molecule has 0 bridgehead atoms. The van der Waals surface area contributed by atoms with Crippen molar-refractivity contribution in [3.05, 3.63) is 82.0 Å². The van der Waals surface area contributed by atoms with Gasteiger partial charge in [0.15, 0.2) is 0 Å². The first kappa shape index (κ1) is 17.8. The van der Waals surface area contributed by atoms with Crippen LogP contribution in [0.5, 0.6) is 5.75 Å². The highest BCUT2D eigenvalue weighted by molar-refractivity contribution is 7.18. The molecule has 0 radical (unpaired) electrons. The number of aromatic nitrogens is 2. The first-order valence-electron chi connectivity index (χ1n) is 8.89. The molecule has 29 heavy (non-hydrogen) atoms. The van der Waals surface area contributed by atoms with Gasteiger partial charge in [-0.25, -0.2) is 9.78 Å². The number of carbonyl (C=O) groups excluding carboxylic acids is 1. The third-order valence-corrected chi connectivity index (χ3v) is 6.39. The first-order chi connectivity index (χ1) is 14.2. The van der Waals surface area contributed by atoms with Crippen molar-refractivity contribution in [2.24, 2.45) is 0 Å². The van der Waals surface area contributed by atoms with E-state index in [1.165, 1.54) is 22.2 Å². The van der Waals surface area contributed by atoms with E-state index in [0.29, 0.717) is 16.0 Å². The number of carbonyl (C=O) groups is 1. The molecule has 0 aliphatic rings. The normalized spacial score (nSPS) is 11.2. The molecule has 0 spiro atoms. The smallest absolute Gasteiger partial charge is 0.331 e. The molecule has 0 unspecified atom stereocenters. The van der Waals surface area contributed by atoms with Crippen molar-refractivity contribution in [3.8, 4) is 16.2 Å². The molecule has 0 aliphatic carbocycles. The topological polar surface area (TPSA) is 61.2 Å². The Bertz CT molecular complexity index is 1400. The quantitative estimate of drug-likeness (QED) is 0.306. The zero-order valence-corrected chi connectivity index (χ0v) is 16.7. The van der Waals surface area contributed by atoms with Gasteiger partial charge in [0.1, 0.15) is 17.1 Å². The maximum Gasteiger partial charge on any atom is 0.331 e. The number of benzene rings is 2. The lowest BCUT2D eigenvalue weighted by molar-refractivity contribution is -0.135. The Morgan fingerprint density at radius 3 is 2.72 bits per heavy atom. The molecule has 0 aliphatic heterocycles. The van der Waals surface area contributed by atoms with Gasteiger partial charge in [-0.3, -0.25) is 9.36 Å². The summed E-state index contributed by atoms with van der Waals surface area (Å²) in [5.74, 6) is -0.0676. The molecule has 142 valence electrons. The molecule has 0 N–H and O–H groups in total. The second-order valence-electron chi connectivity index (χ2n) is 6.47. The Morgan fingerprint density at radius 1 is 1.03 bits per heavy atom. The molecule has 0 atom stereocenters. The van der Waals surface area contributed by atoms with Crippen LogP contribution in [0.4, 0.5) is 0 Å². The number of fused-ring (bicyclic) bond motifs is 2. The molecular formula is C22H14N2O3S2. The number of ether oxygens (including phenoxy) is 1. The number of hydrogen-bond donors (Lipinski definition) is 0. The van der Waals surface area contributed by atoms with Gasteiger partial charge in [0, 0.05) is 15.8 Å². The van der Waals surface area contributed by atoms with E-state index in [9.17, 15) is 9.59 Å². The van der Waals surface area contributed by atoms with Crippen LogP contribution < -0.4 is 10.3 Å². The second kappa shape index (κ2) is 7.27. The Morgan fingerprint density at radius 2 is 1.90 bits per heavy atom. The van der Waals surface area contributed by atoms with Crippen molar-refractivity contribution in [2.75, 3.05) is 0 Å². The molecule has 3 heterocycles. The number of nitrogens with zero attached hydrogens (tertiary/aromatic N) is 2. The second-order valence-corrected chi connectivity index (χ2v) is 8.27. The Kier molecular flexibility index (Phi) is 4.46. The fourth-order valence-corrected chi connectivity index (χ4v) is 4.95. The van der Waals surface area contributed by atoms with E-state index in [0.717, 1.165) is 21.2 Å². The Hall–Kier alpha value is -3.29. The van der Waals surface area contributed by atoms with Crippen molar-refractivity contribution < 1.29 is 9.53 Å². The third kappa shape index (κ3) is 3.35. The zero-order valence-electron chi connectivity index (χ0n) is 15.1. The summed E-state index contributed by atoms with van der Waals surface area (Å²) in [6.07, 6.45) is 1.40. The maximum atomic E-state index is 13.0. The van der Waals surface area contributed by atoms with E-state index in [1.54, 1.807) is 17.4 Å². The lowest BCUT2D eigenvalue weighted by Crippen LogP contribution is -2.26. The minimum Gasteiger partial charge on any atom is -0.425 e. The number of hydrogen-bond acceptors (Lipinski definition) is 6. The van der Waals surface area contributed by atoms with Gasteiger partial charge in [0.25, 0.3) is 5.56 Å². The summed E-state index contributed by atoms with van der Waals surface area (Å²) in [6, 6.07) is 17.2. The molecule has 5 aromatic rings. The van der Waals surface area contributed by atoms with Crippen molar-refractivity contribution in [2.45, 2.75) is 6.54 Å². The summed E-state index contributed by atoms with van der Waals surface area (Å²) in [4.78, 5) is 31.5. The predicted molar refractivity (Wildman–Crippen MR) is 117 cm³/mol. The summed E-state index contributed by atoms with van der Waals surface area (Å²) < 4.78 is 6.76. The minimum absolute atomic E-state index is 0.200. The molecule has 0 amide bonds. The van der Waals surface area contributed by atoms with Crippen LogP contribution in [0.25, 0.3) is 31.4 Å². The summed E-state index contributed by atoms with van der Waals surface area (Å²) in [5, 5.41) is 6.49. The first-order valence-corrected chi connectivity index (χ1v) is 10.6. The van der Waals surface area contributed by atoms with Crippen molar-refractivity contribution in [3.63, 3.8) is 0 Å². The summed E-state index contributed by atoms with van der Waals surface area (Å²) in [7, 11) is 0. The number of esters is 1. The average molecular weight is 418 g/mol. The highest BCUT2D eigenvalue weighted by atomic mass is 32.1. The molecular weight excluding hydrogens is 404 g/mol. The van der Waals surface area contributed by atoms with Crippen LogP contribution in [0.3, 0.4) is 0 Å². The fraction of sp³-hybridized carbons (Fsp3) is 0.0455. The van der Waals surface area contributed by atoms with Gasteiger partial charge >= 0.3 is 5.97 Å². The van der Waals surface area contributed by atoms with Crippen LogP contribution >= 0.6 is 22.7 Å². The molecule has 2 aromatic carbocycles. The van der Waals surface area contributed by atoms with Gasteiger partial charge < -0.3 is 4.74 Å². The standard InChI is InChI=1S/C22H14N2O3S2/c25-19(27-16-8-7-14-4-1-2-5-15(14)10-16)11-24-13-23-21-20(22(24)26)17(12-29-21)18-6-3-9-28-18/h1-10,12-13H,11H2. The van der Waals surface area contributed by atoms with Crippen LogP contribution in [0.1, 0.15) is 0 Å². The molecule has 3 aromatic heterocycles. The van der Waals surface area contributed by atoms with Crippen molar-refractivity contribution >= 4 is 49.6 Å². The van der Waals surface area contributed by atoms with Gasteiger partial charge in [0.05, 0.1) is 11.7 Å². The molecule has 5 nitrogen and oxygen atoms in total. The molecule has 5 rings (SSSR count). The zero-order chi connectivity index (χ0) is 19.8. The van der Waals surface area contributed by atoms with E-state index >= 15 is 0 Å². The fourth-order valence-electron chi connectivity index (χ4n) is 3.23. The Balaban J connectivity index is 1.43. The molecule has 7 heteroatoms. The minimum atomic E-state index is -0.517. The molecule has 0 saturated carbocycles. The predicted octanol–water partition coefficient (Wildman–Crippen LogP) is 4.95. The van der Waals surface area contributed by atoms with E-state index in [2.05, 4.69) is 4.98 Å². The van der Waals surface area contributed by atoms with Gasteiger partial charge in [-0.15, -0.1) is 22.7 Å². The van der Waals surface area contributed by atoms with Crippen LogP contribution in [-0.2, 0) is 11.3 Å². The van der Waals surface area contributed by atoms with Crippen molar-refractivity contribution in [1.29, 1.82) is 0 Å². The number of rotatable bonds is 4. The average Bonchev–Trinajstić information content (AvgIpc) is 3.40. The maximum absolute atomic E-state index is 13.0. The molecule has 0 fully saturated rings.